The van der Waals surface area contributed by atoms with Crippen molar-refractivity contribution in [3.63, 3.8) is 0 Å². The zero-order valence-corrected chi connectivity index (χ0v) is 13.7. The quantitative estimate of drug-likeness (QED) is 0.801. The van der Waals surface area contributed by atoms with Crippen molar-refractivity contribution in [2.75, 3.05) is 13.2 Å². The van der Waals surface area contributed by atoms with E-state index in [9.17, 15) is 9.90 Å². The Labute approximate surface area is 142 Å². The summed E-state index contributed by atoms with van der Waals surface area (Å²) >= 11 is 0. The van der Waals surface area contributed by atoms with Gasteiger partial charge < -0.3 is 15.2 Å². The number of carbonyl (C=O) groups excluding carboxylic acids is 1. The van der Waals surface area contributed by atoms with Gasteiger partial charge in [-0.05, 0) is 24.0 Å². The highest BCUT2D eigenvalue weighted by molar-refractivity contribution is 5.76. The van der Waals surface area contributed by atoms with Gasteiger partial charge in [-0.2, -0.15) is 0 Å². The molecule has 3 rings (SSSR count). The minimum absolute atomic E-state index is 0.0996. The lowest BCUT2D eigenvalue weighted by molar-refractivity contribution is -0.147. The Kier molecular flexibility index (Phi) is 5.28. The molecule has 0 aromatic heterocycles. The number of esters is 1. The number of benzene rings is 2. The van der Waals surface area contributed by atoms with Crippen LogP contribution < -0.4 is 5.32 Å². The summed E-state index contributed by atoms with van der Waals surface area (Å²) in [6, 6.07) is 19.4. The molecule has 1 aliphatic rings. The summed E-state index contributed by atoms with van der Waals surface area (Å²) in [5.74, 6) is -0.227. The SMILES string of the molecule is O=C(OCc1ccccc1)C1CC(CCO)(c2ccccc2)CN1. The monoisotopic (exact) mass is 325 g/mol. The Bertz CT molecular complexity index is 659. The minimum atomic E-state index is -0.333. The number of carbonyl (C=O) groups is 1. The molecule has 1 fully saturated rings. The molecule has 0 bridgehead atoms. The van der Waals surface area contributed by atoms with Crippen molar-refractivity contribution >= 4 is 5.97 Å². The molecule has 1 saturated heterocycles. The standard InChI is InChI=1S/C20H23NO3/c22-12-11-20(17-9-5-2-6-10-17)13-18(21-15-20)19(23)24-14-16-7-3-1-4-8-16/h1-10,18,21-22H,11-15H2. The van der Waals surface area contributed by atoms with Gasteiger partial charge in [-0.1, -0.05) is 60.7 Å². The first-order valence-corrected chi connectivity index (χ1v) is 8.34. The van der Waals surface area contributed by atoms with Crippen LogP contribution >= 0.6 is 0 Å². The Morgan fingerprint density at radius 3 is 2.46 bits per heavy atom. The van der Waals surface area contributed by atoms with E-state index in [0.29, 0.717) is 19.4 Å². The van der Waals surface area contributed by atoms with E-state index in [4.69, 9.17) is 4.74 Å². The third kappa shape index (κ3) is 3.66. The summed E-state index contributed by atoms with van der Waals surface area (Å²) in [6.45, 7) is 1.06. The predicted octanol–water partition coefficient (Wildman–Crippen LogP) is 2.41. The van der Waals surface area contributed by atoms with Gasteiger partial charge in [-0.3, -0.25) is 4.79 Å². The zero-order valence-electron chi connectivity index (χ0n) is 13.7. The van der Waals surface area contributed by atoms with Crippen LogP contribution in [0.25, 0.3) is 0 Å². The summed E-state index contributed by atoms with van der Waals surface area (Å²) in [5, 5.41) is 12.8. The Morgan fingerprint density at radius 1 is 1.12 bits per heavy atom. The molecule has 1 heterocycles. The third-order valence-corrected chi connectivity index (χ3v) is 4.77. The van der Waals surface area contributed by atoms with Crippen LogP contribution in [-0.2, 0) is 21.6 Å². The smallest absolute Gasteiger partial charge is 0.323 e. The van der Waals surface area contributed by atoms with Crippen LogP contribution in [0.2, 0.25) is 0 Å². The Morgan fingerprint density at radius 2 is 1.79 bits per heavy atom. The predicted molar refractivity (Wildman–Crippen MR) is 92.5 cm³/mol. The highest BCUT2D eigenvalue weighted by Crippen LogP contribution is 2.36. The molecule has 0 spiro atoms. The summed E-state index contributed by atoms with van der Waals surface area (Å²) in [4.78, 5) is 12.4. The first-order valence-electron chi connectivity index (χ1n) is 8.34. The summed E-state index contributed by atoms with van der Waals surface area (Å²) in [7, 11) is 0. The van der Waals surface area contributed by atoms with Gasteiger partial charge in [0.25, 0.3) is 0 Å². The van der Waals surface area contributed by atoms with Crippen molar-refractivity contribution in [1.29, 1.82) is 0 Å². The van der Waals surface area contributed by atoms with Crippen LogP contribution in [0, 0.1) is 0 Å². The number of nitrogens with one attached hydrogen (secondary N) is 1. The van der Waals surface area contributed by atoms with Crippen LogP contribution in [0.4, 0.5) is 0 Å². The van der Waals surface area contributed by atoms with E-state index in [1.165, 1.54) is 0 Å². The minimum Gasteiger partial charge on any atom is -0.460 e. The molecule has 2 aromatic rings. The summed E-state index contributed by atoms with van der Waals surface area (Å²) < 4.78 is 5.46. The number of aliphatic hydroxyl groups is 1. The van der Waals surface area contributed by atoms with Gasteiger partial charge in [-0.25, -0.2) is 0 Å². The average molecular weight is 325 g/mol. The van der Waals surface area contributed by atoms with Crippen molar-refractivity contribution in [1.82, 2.24) is 5.32 Å². The van der Waals surface area contributed by atoms with E-state index in [2.05, 4.69) is 17.4 Å². The van der Waals surface area contributed by atoms with Gasteiger partial charge in [-0.15, -0.1) is 0 Å². The fourth-order valence-corrected chi connectivity index (χ4v) is 3.41. The van der Waals surface area contributed by atoms with Gasteiger partial charge in [0, 0.05) is 18.6 Å². The van der Waals surface area contributed by atoms with Gasteiger partial charge in [0.15, 0.2) is 0 Å². The van der Waals surface area contributed by atoms with Crippen molar-refractivity contribution in [2.45, 2.75) is 30.9 Å². The van der Waals surface area contributed by atoms with E-state index in [-0.39, 0.29) is 30.6 Å². The molecule has 2 unspecified atom stereocenters. The van der Waals surface area contributed by atoms with E-state index >= 15 is 0 Å². The molecule has 2 atom stereocenters. The molecule has 0 radical (unpaired) electrons. The number of hydrogen-bond acceptors (Lipinski definition) is 4. The fraction of sp³-hybridized carbons (Fsp3) is 0.350. The van der Waals surface area contributed by atoms with Crippen molar-refractivity contribution < 1.29 is 14.6 Å². The summed E-state index contributed by atoms with van der Waals surface area (Å²) in [6.07, 6.45) is 1.28. The number of hydrogen-bond donors (Lipinski definition) is 2. The maximum absolute atomic E-state index is 12.4. The second-order valence-corrected chi connectivity index (χ2v) is 6.35. The molecule has 1 aliphatic heterocycles. The van der Waals surface area contributed by atoms with E-state index < -0.39 is 0 Å². The molecule has 126 valence electrons. The Hall–Kier alpha value is -2.17. The molecule has 0 saturated carbocycles. The highest BCUT2D eigenvalue weighted by atomic mass is 16.5. The molecule has 4 nitrogen and oxygen atoms in total. The first kappa shape index (κ1) is 16.7. The topological polar surface area (TPSA) is 58.6 Å². The molecule has 4 heteroatoms. The lowest BCUT2D eigenvalue weighted by Crippen LogP contribution is -2.32. The maximum atomic E-state index is 12.4. The van der Waals surface area contributed by atoms with Crippen LogP contribution in [0.15, 0.2) is 60.7 Å². The van der Waals surface area contributed by atoms with Crippen molar-refractivity contribution in [3.05, 3.63) is 71.8 Å². The molecule has 24 heavy (non-hydrogen) atoms. The largest absolute Gasteiger partial charge is 0.460 e. The van der Waals surface area contributed by atoms with Gasteiger partial charge in [0.1, 0.15) is 12.6 Å². The third-order valence-electron chi connectivity index (χ3n) is 4.77. The molecule has 2 N–H and O–H groups in total. The lowest BCUT2D eigenvalue weighted by Gasteiger charge is -2.28. The van der Waals surface area contributed by atoms with Crippen LogP contribution in [0.1, 0.15) is 24.0 Å². The number of ether oxygens (including phenoxy) is 1. The van der Waals surface area contributed by atoms with Crippen LogP contribution in [0.3, 0.4) is 0 Å². The lowest BCUT2D eigenvalue weighted by atomic mass is 9.76. The second-order valence-electron chi connectivity index (χ2n) is 6.35. The van der Waals surface area contributed by atoms with Crippen molar-refractivity contribution in [2.24, 2.45) is 0 Å². The van der Waals surface area contributed by atoms with E-state index in [1.807, 2.05) is 48.5 Å². The Balaban J connectivity index is 1.65. The number of aliphatic hydroxyl groups excluding tert-OH is 1. The molecule has 2 aromatic carbocycles. The normalized spacial score (nSPS) is 23.1. The van der Waals surface area contributed by atoms with Crippen molar-refractivity contribution in [3.8, 4) is 0 Å². The maximum Gasteiger partial charge on any atom is 0.323 e. The average Bonchev–Trinajstić information content (AvgIpc) is 3.07. The van der Waals surface area contributed by atoms with E-state index in [0.717, 1.165) is 11.1 Å². The van der Waals surface area contributed by atoms with Crippen LogP contribution in [-0.4, -0.2) is 30.3 Å². The van der Waals surface area contributed by atoms with Gasteiger partial charge in [0.05, 0.1) is 0 Å². The van der Waals surface area contributed by atoms with E-state index in [1.54, 1.807) is 0 Å². The molecule has 0 amide bonds. The molecular weight excluding hydrogens is 302 g/mol. The number of rotatable bonds is 6. The fourth-order valence-electron chi connectivity index (χ4n) is 3.41. The summed E-state index contributed by atoms with van der Waals surface area (Å²) in [5.41, 5.74) is 1.92. The van der Waals surface area contributed by atoms with Gasteiger partial charge in [0.2, 0.25) is 0 Å². The molecular formula is C20H23NO3. The van der Waals surface area contributed by atoms with Gasteiger partial charge >= 0.3 is 5.97 Å². The molecule has 0 aliphatic carbocycles. The second kappa shape index (κ2) is 7.60. The first-order chi connectivity index (χ1) is 11.7. The highest BCUT2D eigenvalue weighted by Gasteiger charge is 2.43. The zero-order chi connectivity index (χ0) is 16.8. The van der Waals surface area contributed by atoms with Crippen LogP contribution in [0.5, 0.6) is 0 Å².